The molecule has 0 saturated carbocycles. The first-order valence-corrected chi connectivity index (χ1v) is 9.33. The highest BCUT2D eigenvalue weighted by Crippen LogP contribution is 2.21. The van der Waals surface area contributed by atoms with E-state index < -0.39 is 0 Å². The zero-order chi connectivity index (χ0) is 18.5. The van der Waals surface area contributed by atoms with E-state index in [1.807, 2.05) is 53.3 Å². The van der Waals surface area contributed by atoms with Gasteiger partial charge in [0.15, 0.2) is 0 Å². The predicted octanol–water partition coefficient (Wildman–Crippen LogP) is 3.74. The summed E-state index contributed by atoms with van der Waals surface area (Å²) in [6.07, 6.45) is 11.4. The molecule has 1 N–H and O–H groups in total. The van der Waals surface area contributed by atoms with Crippen LogP contribution in [0.2, 0.25) is 0 Å². The topological polar surface area (TPSA) is 64.7 Å². The molecular weight excluding hydrogens is 338 g/mol. The second-order valence-electron chi connectivity index (χ2n) is 6.86. The van der Waals surface area contributed by atoms with Crippen molar-refractivity contribution in [1.29, 1.82) is 0 Å². The number of anilines is 1. The molecule has 1 aliphatic rings. The molecule has 6 heteroatoms. The number of rotatable bonds is 6. The molecule has 0 saturated heterocycles. The number of carbonyl (C=O) groups is 1. The van der Waals surface area contributed by atoms with Crippen molar-refractivity contribution in [1.82, 2.24) is 19.6 Å². The lowest BCUT2D eigenvalue weighted by Crippen LogP contribution is -2.22. The number of nitrogens with one attached hydrogen (secondary N) is 1. The number of nitrogens with zero attached hydrogens (tertiary/aromatic N) is 4. The van der Waals surface area contributed by atoms with E-state index in [0.717, 1.165) is 36.5 Å². The molecule has 138 valence electrons. The molecule has 1 amide bonds. The molecule has 0 fully saturated rings. The lowest BCUT2D eigenvalue weighted by atomic mass is 9.94. The maximum Gasteiger partial charge on any atom is 0.247 e. The molecule has 0 spiro atoms. The van der Waals surface area contributed by atoms with Crippen LogP contribution in [-0.2, 0) is 17.9 Å². The maximum absolute atomic E-state index is 12.4. The Balaban J connectivity index is 1.37. The smallest absolute Gasteiger partial charge is 0.247 e. The average molecular weight is 361 g/mol. The minimum absolute atomic E-state index is 0.108. The second-order valence-corrected chi connectivity index (χ2v) is 6.86. The molecule has 2 heterocycles. The third-order valence-corrected chi connectivity index (χ3v) is 4.81. The summed E-state index contributed by atoms with van der Waals surface area (Å²) < 4.78 is 3.55. The molecule has 4 rings (SSSR count). The molecule has 0 radical (unpaired) electrons. The molecule has 3 aromatic rings. The largest absolute Gasteiger partial charge is 0.309 e. The summed E-state index contributed by atoms with van der Waals surface area (Å²) in [5.41, 5.74) is 1.90. The number of carbonyl (C=O) groups excluding carboxylic acids is 1. The molecule has 0 bridgehead atoms. The Kier molecular flexibility index (Phi) is 5.14. The fourth-order valence-electron chi connectivity index (χ4n) is 3.39. The van der Waals surface area contributed by atoms with E-state index in [0.29, 0.717) is 5.92 Å². The Bertz CT molecular complexity index is 925. The van der Waals surface area contributed by atoms with Crippen molar-refractivity contribution in [3.05, 3.63) is 67.0 Å². The van der Waals surface area contributed by atoms with Gasteiger partial charge in [-0.3, -0.25) is 9.48 Å². The van der Waals surface area contributed by atoms with Gasteiger partial charge < -0.3 is 5.32 Å². The van der Waals surface area contributed by atoms with Crippen LogP contribution in [0.1, 0.15) is 19.3 Å². The summed E-state index contributed by atoms with van der Waals surface area (Å²) in [7, 11) is 0. The van der Waals surface area contributed by atoms with Gasteiger partial charge in [0.2, 0.25) is 5.91 Å². The predicted molar refractivity (Wildman–Crippen MR) is 105 cm³/mol. The van der Waals surface area contributed by atoms with E-state index in [1.165, 1.54) is 6.42 Å². The van der Waals surface area contributed by atoms with E-state index in [2.05, 4.69) is 27.7 Å². The molecule has 27 heavy (non-hydrogen) atoms. The van der Waals surface area contributed by atoms with Gasteiger partial charge in [-0.25, -0.2) is 4.68 Å². The van der Waals surface area contributed by atoms with Gasteiger partial charge in [-0.1, -0.05) is 42.5 Å². The highest BCUT2D eigenvalue weighted by atomic mass is 16.2. The van der Waals surface area contributed by atoms with Crippen LogP contribution in [0.5, 0.6) is 0 Å². The molecule has 6 nitrogen and oxygen atoms in total. The molecule has 1 aliphatic carbocycles. The third-order valence-electron chi connectivity index (χ3n) is 4.81. The number of benzene rings is 1. The Morgan fingerprint density at radius 2 is 2.04 bits per heavy atom. The zero-order valence-corrected chi connectivity index (χ0v) is 15.2. The van der Waals surface area contributed by atoms with Crippen LogP contribution in [0.25, 0.3) is 11.3 Å². The molecule has 1 atom stereocenters. The van der Waals surface area contributed by atoms with Crippen LogP contribution in [0.4, 0.5) is 5.82 Å². The quantitative estimate of drug-likeness (QED) is 0.680. The number of aromatic nitrogens is 4. The van der Waals surface area contributed by atoms with Crippen LogP contribution >= 0.6 is 0 Å². The van der Waals surface area contributed by atoms with Crippen LogP contribution in [0.3, 0.4) is 0 Å². The van der Waals surface area contributed by atoms with E-state index in [9.17, 15) is 4.79 Å². The van der Waals surface area contributed by atoms with Crippen LogP contribution in [-0.4, -0.2) is 25.5 Å². The maximum atomic E-state index is 12.4. The van der Waals surface area contributed by atoms with Gasteiger partial charge in [-0.15, -0.1) is 0 Å². The molecule has 0 aliphatic heterocycles. The van der Waals surface area contributed by atoms with Crippen molar-refractivity contribution in [2.45, 2.75) is 32.4 Å². The Hall–Kier alpha value is -3.15. The summed E-state index contributed by atoms with van der Waals surface area (Å²) in [6.45, 7) is 0.997. The minimum Gasteiger partial charge on any atom is -0.309 e. The first-order chi connectivity index (χ1) is 13.3. The van der Waals surface area contributed by atoms with E-state index in [4.69, 9.17) is 0 Å². The average Bonchev–Trinajstić information content (AvgIpc) is 3.33. The first kappa shape index (κ1) is 17.3. The lowest BCUT2D eigenvalue weighted by Gasteiger charge is -2.19. The summed E-state index contributed by atoms with van der Waals surface area (Å²) >= 11 is 0. The van der Waals surface area contributed by atoms with Crippen molar-refractivity contribution >= 4 is 11.7 Å². The highest BCUT2D eigenvalue weighted by molar-refractivity contribution is 5.89. The molecule has 2 aromatic heterocycles. The number of hydrogen-bond donors (Lipinski definition) is 1. The van der Waals surface area contributed by atoms with E-state index in [-0.39, 0.29) is 12.5 Å². The van der Waals surface area contributed by atoms with Crippen molar-refractivity contribution in [3.63, 3.8) is 0 Å². The van der Waals surface area contributed by atoms with Crippen LogP contribution < -0.4 is 5.32 Å². The summed E-state index contributed by atoms with van der Waals surface area (Å²) in [5.74, 6) is 1.21. The van der Waals surface area contributed by atoms with Crippen molar-refractivity contribution in [2.24, 2.45) is 5.92 Å². The van der Waals surface area contributed by atoms with Gasteiger partial charge in [-0.2, -0.15) is 10.2 Å². The highest BCUT2D eigenvalue weighted by Gasteiger charge is 2.14. The zero-order valence-electron chi connectivity index (χ0n) is 15.2. The van der Waals surface area contributed by atoms with Gasteiger partial charge in [0.05, 0.1) is 11.9 Å². The summed E-state index contributed by atoms with van der Waals surface area (Å²) in [4.78, 5) is 12.4. The van der Waals surface area contributed by atoms with Crippen molar-refractivity contribution in [3.8, 4) is 11.3 Å². The number of hydrogen-bond acceptors (Lipinski definition) is 3. The van der Waals surface area contributed by atoms with Crippen LogP contribution in [0.15, 0.2) is 67.0 Å². The number of amides is 1. The SMILES string of the molecule is O=C(Cn1ccc(-c2ccccc2)n1)Nc1ccnn1C[C@@H]1CC=CCC1. The number of allylic oxidation sites excluding steroid dienone is 2. The standard InChI is InChI=1S/C21H23N5O/c27-21(16-25-14-12-19(24-25)18-9-5-2-6-10-18)23-20-11-13-22-26(20)15-17-7-3-1-4-8-17/h1-3,5-6,9-14,17H,4,7-8,15-16H2,(H,23,27)/t17-/m1/s1. The minimum atomic E-state index is -0.108. The Morgan fingerprint density at radius 1 is 1.15 bits per heavy atom. The monoisotopic (exact) mass is 361 g/mol. The fourth-order valence-corrected chi connectivity index (χ4v) is 3.39. The van der Waals surface area contributed by atoms with Crippen molar-refractivity contribution in [2.75, 3.05) is 5.32 Å². The van der Waals surface area contributed by atoms with Crippen LogP contribution in [0, 0.1) is 5.92 Å². The summed E-state index contributed by atoms with van der Waals surface area (Å²) in [5, 5.41) is 11.8. The van der Waals surface area contributed by atoms with E-state index >= 15 is 0 Å². The summed E-state index contributed by atoms with van der Waals surface area (Å²) in [6, 6.07) is 13.7. The molecule has 1 aromatic carbocycles. The normalized spacial score (nSPS) is 16.4. The molecule has 0 unspecified atom stereocenters. The first-order valence-electron chi connectivity index (χ1n) is 9.33. The van der Waals surface area contributed by atoms with Gasteiger partial charge in [0.1, 0.15) is 12.4 Å². The van der Waals surface area contributed by atoms with Crippen molar-refractivity contribution < 1.29 is 4.79 Å². The van der Waals surface area contributed by atoms with Gasteiger partial charge in [0, 0.05) is 24.4 Å². The Morgan fingerprint density at radius 3 is 2.85 bits per heavy atom. The van der Waals surface area contributed by atoms with Gasteiger partial charge in [-0.05, 0) is 31.2 Å². The fraction of sp³-hybridized carbons (Fsp3) is 0.286. The van der Waals surface area contributed by atoms with E-state index in [1.54, 1.807) is 10.9 Å². The molecular formula is C21H23N5O. The lowest BCUT2D eigenvalue weighted by molar-refractivity contribution is -0.116. The van der Waals surface area contributed by atoms with Gasteiger partial charge in [0.25, 0.3) is 0 Å². The Labute approximate surface area is 158 Å². The van der Waals surface area contributed by atoms with Gasteiger partial charge >= 0.3 is 0 Å². The second kappa shape index (κ2) is 8.03. The third kappa shape index (κ3) is 4.34.